The standard InChI is InChI=1S/C27H30N2O6/c1-16(2)11-12-23(25(30)28-22-13-14-34-24(22)26(31)32)29-27(33)35-15-21-19-9-5-3-7-17(19)18-8-4-6-10-20(18)21/h3-11,21-24H,12-15H2,1-2H3,(H,28,30)(H,29,33)(H,31,32)/t22-,23?,24+/m1/s1. The van der Waals surface area contributed by atoms with E-state index in [1.54, 1.807) is 0 Å². The molecule has 3 atom stereocenters. The van der Waals surface area contributed by atoms with Crippen LogP contribution >= 0.6 is 0 Å². The number of allylic oxidation sites excluding steroid dienone is 1. The summed E-state index contributed by atoms with van der Waals surface area (Å²) < 4.78 is 10.8. The van der Waals surface area contributed by atoms with E-state index in [0.717, 1.165) is 27.8 Å². The normalized spacial score (nSPS) is 19.3. The van der Waals surface area contributed by atoms with Crippen molar-refractivity contribution in [2.45, 2.75) is 50.8 Å². The number of fused-ring (bicyclic) bond motifs is 3. The second kappa shape index (κ2) is 10.7. The Kier molecular flexibility index (Phi) is 7.51. The molecule has 0 radical (unpaired) electrons. The fourth-order valence-corrected chi connectivity index (χ4v) is 4.63. The molecule has 0 aromatic heterocycles. The van der Waals surface area contributed by atoms with Crippen molar-refractivity contribution in [3.05, 3.63) is 71.3 Å². The van der Waals surface area contributed by atoms with Crippen LogP contribution in [0.25, 0.3) is 11.1 Å². The summed E-state index contributed by atoms with van der Waals surface area (Å²) >= 11 is 0. The summed E-state index contributed by atoms with van der Waals surface area (Å²) in [5, 5.41) is 14.7. The van der Waals surface area contributed by atoms with Crippen molar-refractivity contribution < 1.29 is 29.0 Å². The minimum Gasteiger partial charge on any atom is -0.479 e. The lowest BCUT2D eigenvalue weighted by atomic mass is 9.98. The maximum absolute atomic E-state index is 12.9. The van der Waals surface area contributed by atoms with Crippen molar-refractivity contribution in [1.82, 2.24) is 10.6 Å². The molecule has 1 saturated heterocycles. The highest BCUT2D eigenvalue weighted by molar-refractivity contribution is 5.87. The number of hydrogen-bond acceptors (Lipinski definition) is 5. The first-order valence-electron chi connectivity index (χ1n) is 11.7. The zero-order chi connectivity index (χ0) is 24.9. The Labute approximate surface area is 204 Å². The first kappa shape index (κ1) is 24.5. The summed E-state index contributed by atoms with van der Waals surface area (Å²) in [6.07, 6.45) is 0.685. The first-order valence-corrected chi connectivity index (χ1v) is 11.7. The SMILES string of the molecule is CC(C)=CCC(NC(=O)OCC1c2ccccc2-c2ccccc21)C(=O)N[C@@H]1CCO[C@@H]1C(=O)O. The molecule has 184 valence electrons. The van der Waals surface area contributed by atoms with Crippen LogP contribution in [0.15, 0.2) is 60.2 Å². The van der Waals surface area contributed by atoms with Gasteiger partial charge in [-0.05, 0) is 48.9 Å². The number of aliphatic carboxylic acids is 1. The zero-order valence-electron chi connectivity index (χ0n) is 19.8. The van der Waals surface area contributed by atoms with Gasteiger partial charge in [0.2, 0.25) is 5.91 Å². The Morgan fingerprint density at radius 3 is 2.31 bits per heavy atom. The van der Waals surface area contributed by atoms with Gasteiger partial charge in [-0.2, -0.15) is 0 Å². The van der Waals surface area contributed by atoms with E-state index in [1.165, 1.54) is 0 Å². The van der Waals surface area contributed by atoms with Crippen molar-refractivity contribution >= 4 is 18.0 Å². The highest BCUT2D eigenvalue weighted by atomic mass is 16.5. The van der Waals surface area contributed by atoms with Crippen LogP contribution in [0.4, 0.5) is 4.79 Å². The molecule has 1 unspecified atom stereocenters. The lowest BCUT2D eigenvalue weighted by Crippen LogP contribution is -2.52. The molecule has 0 saturated carbocycles. The Morgan fingerprint density at radius 1 is 1.09 bits per heavy atom. The molecule has 0 spiro atoms. The average molecular weight is 479 g/mol. The topological polar surface area (TPSA) is 114 Å². The number of amides is 2. The number of alkyl carbamates (subject to hydrolysis) is 1. The van der Waals surface area contributed by atoms with Gasteiger partial charge in [0.05, 0.1) is 6.04 Å². The van der Waals surface area contributed by atoms with Gasteiger partial charge < -0.3 is 25.2 Å². The Bertz CT molecular complexity index is 1090. The Morgan fingerprint density at radius 2 is 1.71 bits per heavy atom. The third kappa shape index (κ3) is 5.54. The molecule has 1 heterocycles. The molecule has 35 heavy (non-hydrogen) atoms. The van der Waals surface area contributed by atoms with E-state index in [4.69, 9.17) is 9.47 Å². The van der Waals surface area contributed by atoms with Crippen molar-refractivity contribution in [3.63, 3.8) is 0 Å². The average Bonchev–Trinajstić information content (AvgIpc) is 3.43. The molecule has 2 amide bonds. The van der Waals surface area contributed by atoms with Gasteiger partial charge >= 0.3 is 12.1 Å². The number of carboxylic acid groups (broad SMARTS) is 1. The van der Waals surface area contributed by atoms with Gasteiger partial charge in [0.15, 0.2) is 6.10 Å². The quantitative estimate of drug-likeness (QED) is 0.500. The predicted molar refractivity (Wildman–Crippen MR) is 130 cm³/mol. The van der Waals surface area contributed by atoms with Crippen molar-refractivity contribution in [1.29, 1.82) is 0 Å². The number of carboxylic acids is 1. The summed E-state index contributed by atoms with van der Waals surface area (Å²) in [4.78, 5) is 37.1. The third-order valence-corrected chi connectivity index (χ3v) is 6.38. The highest BCUT2D eigenvalue weighted by Crippen LogP contribution is 2.44. The van der Waals surface area contributed by atoms with E-state index in [2.05, 4.69) is 22.8 Å². The number of rotatable bonds is 8. The van der Waals surface area contributed by atoms with Crippen LogP contribution in [-0.4, -0.2) is 54.5 Å². The van der Waals surface area contributed by atoms with E-state index in [-0.39, 0.29) is 25.6 Å². The summed E-state index contributed by atoms with van der Waals surface area (Å²) in [5.41, 5.74) is 5.45. The zero-order valence-corrected chi connectivity index (χ0v) is 19.8. The molecule has 4 rings (SSSR count). The summed E-state index contributed by atoms with van der Waals surface area (Å²) in [5.74, 6) is -1.69. The second-order valence-electron chi connectivity index (χ2n) is 9.07. The van der Waals surface area contributed by atoms with Crippen LogP contribution in [-0.2, 0) is 19.1 Å². The maximum Gasteiger partial charge on any atom is 0.407 e. The Hall–Kier alpha value is -3.65. The molecule has 8 heteroatoms. The molecule has 2 aromatic rings. The number of hydrogen-bond donors (Lipinski definition) is 3. The van der Waals surface area contributed by atoms with Crippen LogP contribution in [0.5, 0.6) is 0 Å². The van der Waals surface area contributed by atoms with Crippen molar-refractivity contribution in [3.8, 4) is 11.1 Å². The van der Waals surface area contributed by atoms with Crippen LogP contribution in [0.3, 0.4) is 0 Å². The van der Waals surface area contributed by atoms with Crippen molar-refractivity contribution in [2.75, 3.05) is 13.2 Å². The summed E-state index contributed by atoms with van der Waals surface area (Å²) in [6.45, 7) is 4.18. The molecule has 1 aliphatic carbocycles. The molecule has 2 aliphatic rings. The first-order chi connectivity index (χ1) is 16.8. The fraction of sp³-hybridized carbons (Fsp3) is 0.370. The lowest BCUT2D eigenvalue weighted by molar-refractivity contribution is -0.148. The number of benzene rings is 2. The molecule has 3 N–H and O–H groups in total. The second-order valence-corrected chi connectivity index (χ2v) is 9.07. The van der Waals surface area contributed by atoms with E-state index in [1.807, 2.05) is 56.3 Å². The van der Waals surface area contributed by atoms with Gasteiger partial charge in [-0.1, -0.05) is 60.2 Å². The Balaban J connectivity index is 1.42. The van der Waals surface area contributed by atoms with Gasteiger partial charge in [-0.15, -0.1) is 0 Å². The smallest absolute Gasteiger partial charge is 0.407 e. The molecule has 2 aromatic carbocycles. The third-order valence-electron chi connectivity index (χ3n) is 6.38. The van der Waals surface area contributed by atoms with Gasteiger partial charge in [0, 0.05) is 12.5 Å². The van der Waals surface area contributed by atoms with Crippen LogP contribution < -0.4 is 10.6 Å². The molecule has 0 bridgehead atoms. The van der Waals surface area contributed by atoms with Crippen molar-refractivity contribution in [2.24, 2.45) is 0 Å². The van der Waals surface area contributed by atoms with E-state index >= 15 is 0 Å². The minimum atomic E-state index is -1.13. The molecular weight excluding hydrogens is 448 g/mol. The van der Waals surface area contributed by atoms with Crippen LogP contribution in [0.1, 0.15) is 43.7 Å². The predicted octanol–water partition coefficient (Wildman–Crippen LogP) is 3.61. The number of carbonyl (C=O) groups excluding carboxylic acids is 2. The van der Waals surface area contributed by atoms with E-state index in [9.17, 15) is 19.5 Å². The molecule has 1 fully saturated rings. The maximum atomic E-state index is 12.9. The molecule has 1 aliphatic heterocycles. The number of nitrogens with one attached hydrogen (secondary N) is 2. The largest absolute Gasteiger partial charge is 0.479 e. The lowest BCUT2D eigenvalue weighted by Gasteiger charge is -2.22. The number of ether oxygens (including phenoxy) is 2. The minimum absolute atomic E-state index is 0.0924. The number of carbonyl (C=O) groups is 3. The van der Waals surface area contributed by atoms with E-state index in [0.29, 0.717) is 6.42 Å². The van der Waals surface area contributed by atoms with Crippen LogP contribution in [0, 0.1) is 0 Å². The van der Waals surface area contributed by atoms with Gasteiger partial charge in [-0.25, -0.2) is 9.59 Å². The summed E-state index contributed by atoms with van der Waals surface area (Å²) in [7, 11) is 0. The van der Waals surface area contributed by atoms with Gasteiger partial charge in [0.25, 0.3) is 0 Å². The van der Waals surface area contributed by atoms with E-state index < -0.39 is 36.2 Å². The highest BCUT2D eigenvalue weighted by Gasteiger charge is 2.37. The fourth-order valence-electron chi connectivity index (χ4n) is 4.63. The summed E-state index contributed by atoms with van der Waals surface area (Å²) in [6, 6.07) is 14.5. The van der Waals surface area contributed by atoms with Gasteiger partial charge in [0.1, 0.15) is 12.6 Å². The molecular formula is C27H30N2O6. The molecule has 8 nitrogen and oxygen atoms in total. The van der Waals surface area contributed by atoms with Gasteiger partial charge in [-0.3, -0.25) is 4.79 Å². The monoisotopic (exact) mass is 478 g/mol. The van der Waals surface area contributed by atoms with Crippen LogP contribution in [0.2, 0.25) is 0 Å².